The van der Waals surface area contributed by atoms with E-state index in [1.807, 2.05) is 6.92 Å². The molecule has 23 heavy (non-hydrogen) atoms. The van der Waals surface area contributed by atoms with E-state index in [2.05, 4.69) is 4.74 Å². The van der Waals surface area contributed by atoms with Crippen LogP contribution in [0.25, 0.3) is 0 Å². The third-order valence-electron chi connectivity index (χ3n) is 3.62. The molecule has 0 bridgehead atoms. The second-order valence-corrected chi connectivity index (χ2v) is 5.37. The first-order valence-electron chi connectivity index (χ1n) is 7.32. The monoisotopic (exact) mass is 332 g/mol. The Morgan fingerprint density at radius 3 is 2.83 bits per heavy atom. The van der Waals surface area contributed by atoms with Crippen LogP contribution in [0.5, 0.6) is 5.75 Å². The zero-order valence-corrected chi connectivity index (χ0v) is 12.7. The van der Waals surface area contributed by atoms with Crippen molar-refractivity contribution in [2.75, 3.05) is 32.0 Å². The fraction of sp³-hybridized carbons (Fsp3) is 0.533. The van der Waals surface area contributed by atoms with Crippen LogP contribution >= 0.6 is 0 Å². The number of anilines is 1. The number of nitrogen functional groups attached to an aromatic ring is 1. The lowest BCUT2D eigenvalue weighted by atomic mass is 10.1. The number of halogens is 3. The maximum absolute atomic E-state index is 12.4. The lowest BCUT2D eigenvalue weighted by Gasteiger charge is -2.18. The predicted octanol–water partition coefficient (Wildman–Crippen LogP) is 2.67. The number of nitrogens with two attached hydrogens (primary N) is 1. The zero-order valence-electron chi connectivity index (χ0n) is 12.7. The van der Waals surface area contributed by atoms with Crippen molar-refractivity contribution >= 4 is 11.6 Å². The highest BCUT2D eigenvalue weighted by Gasteiger charge is 2.33. The summed E-state index contributed by atoms with van der Waals surface area (Å²) in [6.07, 6.45) is -4.04. The van der Waals surface area contributed by atoms with E-state index in [0.717, 1.165) is 12.5 Å². The Balaban J connectivity index is 2.07. The summed E-state index contributed by atoms with van der Waals surface area (Å²) in [5, 5.41) is 0. The molecule has 1 aliphatic rings. The molecule has 1 fully saturated rings. The second-order valence-electron chi connectivity index (χ2n) is 5.37. The topological polar surface area (TPSA) is 64.8 Å². The minimum Gasteiger partial charge on any atom is -0.404 e. The summed E-state index contributed by atoms with van der Waals surface area (Å²) >= 11 is 0. The van der Waals surface area contributed by atoms with Crippen LogP contribution in [0.3, 0.4) is 0 Å². The van der Waals surface area contributed by atoms with Gasteiger partial charge in [0.1, 0.15) is 0 Å². The van der Waals surface area contributed by atoms with Crippen LogP contribution in [0.15, 0.2) is 18.2 Å². The summed E-state index contributed by atoms with van der Waals surface area (Å²) in [7, 11) is 0. The van der Waals surface area contributed by atoms with Crippen LogP contribution in [0.2, 0.25) is 0 Å². The predicted molar refractivity (Wildman–Crippen MR) is 78.0 cm³/mol. The van der Waals surface area contributed by atoms with Gasteiger partial charge in [-0.05, 0) is 31.5 Å². The summed E-state index contributed by atoms with van der Waals surface area (Å²) in [6, 6.07) is 3.67. The molecule has 2 N–H and O–H groups in total. The number of rotatable bonds is 5. The summed E-state index contributed by atoms with van der Waals surface area (Å²) in [5.41, 5.74) is 5.41. The summed E-state index contributed by atoms with van der Waals surface area (Å²) < 4.78 is 46.2. The molecule has 1 aliphatic heterocycles. The van der Waals surface area contributed by atoms with Gasteiger partial charge in [0.15, 0.2) is 5.75 Å². The largest absolute Gasteiger partial charge is 0.573 e. The number of benzene rings is 1. The smallest absolute Gasteiger partial charge is 0.404 e. The van der Waals surface area contributed by atoms with Gasteiger partial charge in [-0.3, -0.25) is 4.79 Å². The summed E-state index contributed by atoms with van der Waals surface area (Å²) in [4.78, 5) is 14.0. The normalized spacial score (nSPS) is 18.3. The number of hydrogen-bond donors (Lipinski definition) is 1. The molecule has 1 heterocycles. The van der Waals surface area contributed by atoms with E-state index in [1.165, 1.54) is 12.1 Å². The molecule has 8 heteroatoms. The third kappa shape index (κ3) is 4.75. The molecule has 1 saturated heterocycles. The van der Waals surface area contributed by atoms with Gasteiger partial charge in [-0.2, -0.15) is 0 Å². The molecule has 0 unspecified atom stereocenters. The van der Waals surface area contributed by atoms with Crippen molar-refractivity contribution in [3.05, 3.63) is 23.8 Å². The Morgan fingerprint density at radius 1 is 1.43 bits per heavy atom. The lowest BCUT2D eigenvalue weighted by Crippen LogP contribution is -2.29. The molecular formula is C15H19F3N2O3. The highest BCUT2D eigenvalue weighted by molar-refractivity contribution is 5.95. The van der Waals surface area contributed by atoms with E-state index >= 15 is 0 Å². The van der Waals surface area contributed by atoms with Crippen molar-refractivity contribution in [3.63, 3.8) is 0 Å². The molecule has 0 aromatic heterocycles. The molecule has 1 amide bonds. The van der Waals surface area contributed by atoms with Crippen LogP contribution in [0.1, 0.15) is 23.7 Å². The molecular weight excluding hydrogens is 313 g/mol. The number of likely N-dealkylation sites (tertiary alicyclic amines) is 1. The van der Waals surface area contributed by atoms with E-state index in [1.54, 1.807) is 4.90 Å². The highest BCUT2D eigenvalue weighted by Crippen LogP contribution is 2.30. The lowest BCUT2D eigenvalue weighted by molar-refractivity contribution is -0.274. The Morgan fingerprint density at radius 2 is 2.17 bits per heavy atom. The fourth-order valence-electron chi connectivity index (χ4n) is 2.50. The Kier molecular flexibility index (Phi) is 5.35. The SMILES string of the molecule is CCOC[C@H]1CCN(C(=O)c2ccc(N)c(OC(F)(F)F)c2)C1. The van der Waals surface area contributed by atoms with Gasteiger partial charge in [0, 0.05) is 31.2 Å². The van der Waals surface area contributed by atoms with Crippen molar-refractivity contribution in [3.8, 4) is 5.75 Å². The average Bonchev–Trinajstić information content (AvgIpc) is 2.94. The van der Waals surface area contributed by atoms with E-state index in [-0.39, 0.29) is 23.1 Å². The van der Waals surface area contributed by atoms with Gasteiger partial charge in [0.25, 0.3) is 5.91 Å². The maximum atomic E-state index is 12.4. The van der Waals surface area contributed by atoms with Gasteiger partial charge in [-0.25, -0.2) is 0 Å². The molecule has 128 valence electrons. The number of carbonyl (C=O) groups is 1. The molecule has 0 radical (unpaired) electrons. The first-order valence-corrected chi connectivity index (χ1v) is 7.32. The van der Waals surface area contributed by atoms with Gasteiger partial charge in [-0.15, -0.1) is 13.2 Å². The van der Waals surface area contributed by atoms with Crippen molar-refractivity contribution in [2.24, 2.45) is 5.92 Å². The number of ether oxygens (including phenoxy) is 2. The van der Waals surface area contributed by atoms with Crippen molar-refractivity contribution in [1.82, 2.24) is 4.90 Å². The van der Waals surface area contributed by atoms with Crippen LogP contribution in [0.4, 0.5) is 18.9 Å². The minimum atomic E-state index is -4.86. The minimum absolute atomic E-state index is 0.121. The maximum Gasteiger partial charge on any atom is 0.573 e. The number of hydrogen-bond acceptors (Lipinski definition) is 4. The van der Waals surface area contributed by atoms with Crippen LogP contribution < -0.4 is 10.5 Å². The Hall–Kier alpha value is -1.96. The molecule has 0 spiro atoms. The zero-order chi connectivity index (χ0) is 17.0. The number of alkyl halides is 3. The quantitative estimate of drug-likeness (QED) is 0.842. The van der Waals surface area contributed by atoms with E-state index in [0.29, 0.717) is 26.3 Å². The van der Waals surface area contributed by atoms with Crippen molar-refractivity contribution < 1.29 is 27.4 Å². The molecule has 0 saturated carbocycles. The van der Waals surface area contributed by atoms with E-state index in [9.17, 15) is 18.0 Å². The van der Waals surface area contributed by atoms with E-state index in [4.69, 9.17) is 10.5 Å². The first kappa shape index (κ1) is 17.4. The second kappa shape index (κ2) is 7.08. The Bertz CT molecular complexity index is 563. The van der Waals surface area contributed by atoms with Gasteiger partial charge in [0.2, 0.25) is 0 Å². The number of carbonyl (C=O) groups excluding carboxylic acids is 1. The summed E-state index contributed by atoms with van der Waals surface area (Å²) in [5.74, 6) is -0.650. The third-order valence-corrected chi connectivity index (χ3v) is 3.62. The van der Waals surface area contributed by atoms with Crippen molar-refractivity contribution in [2.45, 2.75) is 19.7 Å². The number of nitrogens with zero attached hydrogens (tertiary/aromatic N) is 1. The first-order chi connectivity index (χ1) is 10.8. The number of amides is 1. The van der Waals surface area contributed by atoms with Crippen LogP contribution in [-0.2, 0) is 4.74 Å². The molecule has 1 atom stereocenters. The molecule has 2 rings (SSSR count). The molecule has 1 aromatic carbocycles. The van der Waals surface area contributed by atoms with Gasteiger partial charge in [0.05, 0.1) is 12.3 Å². The molecule has 1 aromatic rings. The van der Waals surface area contributed by atoms with Crippen LogP contribution in [-0.4, -0.2) is 43.5 Å². The van der Waals surface area contributed by atoms with Crippen LogP contribution in [0, 0.1) is 5.92 Å². The Labute approximate surface area is 132 Å². The van der Waals surface area contributed by atoms with Crippen molar-refractivity contribution in [1.29, 1.82) is 0 Å². The molecule has 5 nitrogen and oxygen atoms in total. The van der Waals surface area contributed by atoms with Gasteiger partial charge >= 0.3 is 6.36 Å². The fourth-order valence-corrected chi connectivity index (χ4v) is 2.50. The van der Waals surface area contributed by atoms with Gasteiger partial charge in [-0.1, -0.05) is 0 Å². The standard InChI is InChI=1S/C15H19F3N2O3/c1-2-22-9-10-5-6-20(8-10)14(21)11-3-4-12(19)13(7-11)23-15(16,17)18/h3-4,7,10H,2,5-6,8-9,19H2,1H3/t10-/m0/s1. The summed E-state index contributed by atoms with van der Waals surface area (Å²) in [6.45, 7) is 4.16. The highest BCUT2D eigenvalue weighted by atomic mass is 19.4. The van der Waals surface area contributed by atoms with Gasteiger partial charge < -0.3 is 20.1 Å². The average molecular weight is 332 g/mol. The van der Waals surface area contributed by atoms with E-state index < -0.39 is 12.1 Å². The molecule has 0 aliphatic carbocycles.